The monoisotopic (exact) mass is 397 g/mol. The van der Waals surface area contributed by atoms with Crippen molar-refractivity contribution in [3.8, 4) is 5.75 Å². The Labute approximate surface area is 173 Å². The SMILES string of the molecule is CCCCCCOC(=O)c1c(C(=O)c2ccccc2O)cccc1N(CC)CC. The van der Waals surface area contributed by atoms with Crippen LogP contribution in [0.3, 0.4) is 0 Å². The fourth-order valence-electron chi connectivity index (χ4n) is 3.35. The van der Waals surface area contributed by atoms with Gasteiger partial charge in [0.2, 0.25) is 0 Å². The zero-order valence-corrected chi connectivity index (χ0v) is 17.6. The van der Waals surface area contributed by atoms with Gasteiger partial charge in [-0.3, -0.25) is 4.79 Å². The Kier molecular flexibility index (Phi) is 8.71. The minimum absolute atomic E-state index is 0.107. The number of benzene rings is 2. The molecule has 156 valence electrons. The lowest BCUT2D eigenvalue weighted by Gasteiger charge is -2.25. The highest BCUT2D eigenvalue weighted by molar-refractivity contribution is 6.17. The summed E-state index contributed by atoms with van der Waals surface area (Å²) in [7, 11) is 0. The van der Waals surface area contributed by atoms with E-state index < -0.39 is 11.8 Å². The number of ether oxygens (including phenoxy) is 1. The highest BCUT2D eigenvalue weighted by Gasteiger charge is 2.26. The van der Waals surface area contributed by atoms with E-state index in [1.807, 2.05) is 24.8 Å². The Balaban J connectivity index is 2.42. The molecular weight excluding hydrogens is 366 g/mol. The first kappa shape index (κ1) is 22.5. The van der Waals surface area contributed by atoms with Gasteiger partial charge in [0.1, 0.15) is 5.75 Å². The van der Waals surface area contributed by atoms with E-state index in [4.69, 9.17) is 4.74 Å². The number of rotatable bonds is 11. The number of carbonyl (C=O) groups is 2. The Morgan fingerprint density at radius 3 is 2.24 bits per heavy atom. The number of unbranched alkanes of at least 4 members (excludes halogenated alkanes) is 3. The van der Waals surface area contributed by atoms with Crippen molar-refractivity contribution in [1.29, 1.82) is 0 Å². The van der Waals surface area contributed by atoms with Gasteiger partial charge in [-0.15, -0.1) is 0 Å². The number of ketones is 1. The molecule has 0 fully saturated rings. The molecule has 0 amide bonds. The van der Waals surface area contributed by atoms with Gasteiger partial charge in [0.15, 0.2) is 5.78 Å². The highest BCUT2D eigenvalue weighted by Crippen LogP contribution is 2.29. The van der Waals surface area contributed by atoms with Crippen molar-refractivity contribution in [3.63, 3.8) is 0 Å². The molecule has 5 nitrogen and oxygen atoms in total. The molecular formula is C24H31NO4. The summed E-state index contributed by atoms with van der Waals surface area (Å²) in [6.45, 7) is 7.85. The number of esters is 1. The Hall–Kier alpha value is -2.82. The topological polar surface area (TPSA) is 66.8 Å². The number of carbonyl (C=O) groups excluding carboxylic acids is 2. The van der Waals surface area contributed by atoms with Gasteiger partial charge in [-0.05, 0) is 38.5 Å². The van der Waals surface area contributed by atoms with E-state index in [9.17, 15) is 14.7 Å². The third-order valence-corrected chi connectivity index (χ3v) is 4.98. The summed E-state index contributed by atoms with van der Waals surface area (Å²) in [5.41, 5.74) is 1.35. The fourth-order valence-corrected chi connectivity index (χ4v) is 3.35. The number of nitrogens with zero attached hydrogens (tertiary/aromatic N) is 1. The van der Waals surface area contributed by atoms with Crippen molar-refractivity contribution in [1.82, 2.24) is 0 Å². The maximum atomic E-state index is 13.2. The molecule has 0 aliphatic heterocycles. The molecule has 0 saturated carbocycles. The van der Waals surface area contributed by atoms with Gasteiger partial charge in [-0.2, -0.15) is 0 Å². The van der Waals surface area contributed by atoms with E-state index >= 15 is 0 Å². The number of phenolic OH excluding ortho intramolecular Hbond substituents is 1. The summed E-state index contributed by atoms with van der Waals surface area (Å²) < 4.78 is 5.53. The number of phenols is 1. The van der Waals surface area contributed by atoms with Crippen molar-refractivity contribution in [3.05, 3.63) is 59.2 Å². The summed E-state index contributed by atoms with van der Waals surface area (Å²) in [5, 5.41) is 10.1. The molecule has 0 aliphatic carbocycles. The van der Waals surface area contributed by atoms with Crippen LogP contribution >= 0.6 is 0 Å². The lowest BCUT2D eigenvalue weighted by atomic mass is 9.96. The molecule has 0 radical (unpaired) electrons. The largest absolute Gasteiger partial charge is 0.507 e. The molecule has 0 heterocycles. The summed E-state index contributed by atoms with van der Waals surface area (Å²) >= 11 is 0. The molecule has 0 atom stereocenters. The minimum atomic E-state index is -0.497. The predicted molar refractivity (Wildman–Crippen MR) is 116 cm³/mol. The van der Waals surface area contributed by atoms with Crippen LogP contribution in [0.15, 0.2) is 42.5 Å². The maximum absolute atomic E-state index is 13.2. The summed E-state index contributed by atoms with van der Waals surface area (Å²) in [4.78, 5) is 28.2. The first-order valence-corrected chi connectivity index (χ1v) is 10.4. The van der Waals surface area contributed by atoms with Gasteiger partial charge >= 0.3 is 5.97 Å². The standard InChI is InChI=1S/C24H31NO4/c1-4-7-8-11-17-29-24(28)22-19(14-12-15-20(22)25(5-2)6-3)23(27)18-13-9-10-16-21(18)26/h9-10,12-16,26H,4-8,11,17H2,1-3H3. The van der Waals surface area contributed by atoms with Crippen LogP contribution in [0, 0.1) is 0 Å². The van der Waals surface area contributed by atoms with Crippen LogP contribution in [-0.2, 0) is 4.74 Å². The van der Waals surface area contributed by atoms with Crippen molar-refractivity contribution in [2.45, 2.75) is 46.5 Å². The third kappa shape index (κ3) is 5.59. The molecule has 29 heavy (non-hydrogen) atoms. The lowest BCUT2D eigenvalue weighted by molar-refractivity contribution is 0.0496. The van der Waals surface area contributed by atoms with Gasteiger partial charge in [0.25, 0.3) is 0 Å². The van der Waals surface area contributed by atoms with Gasteiger partial charge < -0.3 is 14.7 Å². The number of para-hydroxylation sites is 1. The average Bonchev–Trinajstić information content (AvgIpc) is 2.74. The van der Waals surface area contributed by atoms with Crippen molar-refractivity contribution in [2.24, 2.45) is 0 Å². The Morgan fingerprint density at radius 1 is 0.897 bits per heavy atom. The van der Waals surface area contributed by atoms with Crippen LogP contribution in [0.4, 0.5) is 5.69 Å². The number of anilines is 1. The molecule has 0 saturated heterocycles. The average molecular weight is 398 g/mol. The zero-order chi connectivity index (χ0) is 21.2. The first-order valence-electron chi connectivity index (χ1n) is 10.4. The second-order valence-corrected chi connectivity index (χ2v) is 6.91. The third-order valence-electron chi connectivity index (χ3n) is 4.98. The van der Waals surface area contributed by atoms with Crippen LogP contribution < -0.4 is 4.90 Å². The van der Waals surface area contributed by atoms with E-state index in [0.717, 1.165) is 25.7 Å². The second-order valence-electron chi connectivity index (χ2n) is 6.91. The van der Waals surface area contributed by atoms with E-state index in [-0.39, 0.29) is 22.4 Å². The summed E-state index contributed by atoms with van der Waals surface area (Å²) in [5.74, 6) is -0.998. The van der Waals surface area contributed by atoms with Gasteiger partial charge in [0, 0.05) is 18.7 Å². The molecule has 0 unspecified atom stereocenters. The molecule has 0 bridgehead atoms. The molecule has 2 rings (SSSR count). The molecule has 1 N–H and O–H groups in total. The minimum Gasteiger partial charge on any atom is -0.507 e. The van der Waals surface area contributed by atoms with Crippen LogP contribution in [0.5, 0.6) is 5.75 Å². The molecule has 2 aromatic rings. The lowest BCUT2D eigenvalue weighted by Crippen LogP contribution is -2.26. The normalized spacial score (nSPS) is 10.6. The molecule has 0 aliphatic rings. The maximum Gasteiger partial charge on any atom is 0.341 e. The second kappa shape index (κ2) is 11.2. The Morgan fingerprint density at radius 2 is 1.59 bits per heavy atom. The van der Waals surface area contributed by atoms with Crippen molar-refractivity contribution < 1.29 is 19.4 Å². The summed E-state index contributed by atoms with van der Waals surface area (Å²) in [6, 6.07) is 11.6. The zero-order valence-electron chi connectivity index (χ0n) is 17.6. The van der Waals surface area contributed by atoms with E-state index in [2.05, 4.69) is 6.92 Å². The van der Waals surface area contributed by atoms with Gasteiger partial charge in [0.05, 0.1) is 23.4 Å². The number of hydrogen-bond acceptors (Lipinski definition) is 5. The number of hydrogen-bond donors (Lipinski definition) is 1. The smallest absolute Gasteiger partial charge is 0.341 e. The molecule has 0 aromatic heterocycles. The van der Waals surface area contributed by atoms with Crippen LogP contribution in [-0.4, -0.2) is 36.6 Å². The predicted octanol–water partition coefficient (Wildman–Crippen LogP) is 5.21. The fraction of sp³-hybridized carbons (Fsp3) is 0.417. The van der Waals surface area contributed by atoms with Crippen molar-refractivity contribution in [2.75, 3.05) is 24.6 Å². The quantitative estimate of drug-likeness (QED) is 0.320. The van der Waals surface area contributed by atoms with Crippen LogP contribution in [0.2, 0.25) is 0 Å². The summed E-state index contributed by atoms with van der Waals surface area (Å²) in [6.07, 6.45) is 4.02. The van der Waals surface area contributed by atoms with E-state index in [0.29, 0.717) is 25.4 Å². The first-order chi connectivity index (χ1) is 14.0. The van der Waals surface area contributed by atoms with E-state index in [1.54, 1.807) is 30.3 Å². The van der Waals surface area contributed by atoms with Crippen molar-refractivity contribution >= 4 is 17.4 Å². The molecule has 5 heteroatoms. The number of aromatic hydroxyl groups is 1. The van der Waals surface area contributed by atoms with Crippen LogP contribution in [0.25, 0.3) is 0 Å². The Bertz CT molecular complexity index is 827. The molecule has 0 spiro atoms. The van der Waals surface area contributed by atoms with E-state index in [1.165, 1.54) is 6.07 Å². The highest BCUT2D eigenvalue weighted by atomic mass is 16.5. The van der Waals surface area contributed by atoms with Crippen LogP contribution in [0.1, 0.15) is 72.7 Å². The molecule has 2 aromatic carbocycles. The van der Waals surface area contributed by atoms with Gasteiger partial charge in [-0.1, -0.05) is 50.5 Å². The van der Waals surface area contributed by atoms with Gasteiger partial charge in [-0.25, -0.2) is 4.79 Å².